The third kappa shape index (κ3) is 6.58. The average Bonchev–Trinajstić information content (AvgIpc) is 3.26. The van der Waals surface area contributed by atoms with Crippen molar-refractivity contribution in [1.82, 2.24) is 4.57 Å². The molecule has 0 amide bonds. The molecule has 11 heteroatoms. The summed E-state index contributed by atoms with van der Waals surface area (Å²) < 4.78 is 30.9. The molecule has 1 aliphatic rings. The number of halogens is 1. The maximum absolute atomic E-state index is 14.1. The summed E-state index contributed by atoms with van der Waals surface area (Å²) in [6.07, 6.45) is 2.64. The van der Waals surface area contributed by atoms with Crippen LogP contribution >= 0.6 is 27.3 Å². The van der Waals surface area contributed by atoms with Crippen LogP contribution in [0.4, 0.5) is 0 Å². The van der Waals surface area contributed by atoms with E-state index < -0.39 is 12.0 Å². The monoisotopic (exact) mass is 644 g/mol. The molecule has 0 fully saturated rings. The summed E-state index contributed by atoms with van der Waals surface area (Å²) >= 11 is 4.76. The molecular formula is C30H33BrN2O7S. The fraction of sp³-hybridized carbons (Fsp3) is 0.367. The lowest BCUT2D eigenvalue weighted by atomic mass is 9.94. The van der Waals surface area contributed by atoms with Gasteiger partial charge < -0.3 is 23.7 Å². The number of benzene rings is 2. The zero-order valence-electron chi connectivity index (χ0n) is 23.7. The normalized spacial score (nSPS) is 14.9. The molecule has 41 heavy (non-hydrogen) atoms. The number of carbonyl (C=O) groups is 1. The molecule has 3 aromatic rings. The summed E-state index contributed by atoms with van der Waals surface area (Å²) in [7, 11) is 3.07. The van der Waals surface area contributed by atoms with Gasteiger partial charge in [-0.2, -0.15) is 0 Å². The van der Waals surface area contributed by atoms with Crippen molar-refractivity contribution >= 4 is 39.3 Å². The van der Waals surface area contributed by atoms with Crippen molar-refractivity contribution in [2.24, 2.45) is 4.99 Å². The highest BCUT2D eigenvalue weighted by Crippen LogP contribution is 2.40. The molecule has 2 heterocycles. The molecule has 1 aromatic heterocycles. The Hall–Kier alpha value is -3.41. The largest absolute Gasteiger partial charge is 0.493 e. The van der Waals surface area contributed by atoms with Crippen LogP contribution in [0.15, 0.2) is 61.9 Å². The zero-order valence-corrected chi connectivity index (χ0v) is 26.1. The Balaban J connectivity index is 1.96. The Morgan fingerprint density at radius 1 is 1.10 bits per heavy atom. The Morgan fingerprint density at radius 3 is 2.61 bits per heavy atom. The fourth-order valence-corrected chi connectivity index (χ4v) is 5.91. The van der Waals surface area contributed by atoms with Crippen LogP contribution < -0.4 is 29.1 Å². The summed E-state index contributed by atoms with van der Waals surface area (Å²) in [5, 5.41) is 0. The van der Waals surface area contributed by atoms with Gasteiger partial charge in [-0.1, -0.05) is 46.3 Å². The van der Waals surface area contributed by atoms with Gasteiger partial charge in [0.15, 0.2) is 16.3 Å². The molecule has 0 unspecified atom stereocenters. The highest BCUT2D eigenvalue weighted by Gasteiger charge is 2.36. The SMILES string of the molecule is CCCOc1ccc(Br)cc1/C=c1/sc2n(c1=O)[C@@H](c1cccc(OC)c1OCC)C(C(=O)OCCOC)=C(C)N=2. The van der Waals surface area contributed by atoms with E-state index in [1.807, 2.05) is 38.1 Å². The number of nitrogens with zero attached hydrogens (tertiary/aromatic N) is 2. The summed E-state index contributed by atoms with van der Waals surface area (Å²) in [6.45, 7) is 6.83. The first kappa shape index (κ1) is 30.5. The molecule has 1 atom stereocenters. The number of allylic oxidation sites excluding steroid dienone is 1. The summed E-state index contributed by atoms with van der Waals surface area (Å²) in [4.78, 5) is 32.7. The van der Waals surface area contributed by atoms with Gasteiger partial charge in [-0.3, -0.25) is 9.36 Å². The van der Waals surface area contributed by atoms with Gasteiger partial charge in [0.1, 0.15) is 18.4 Å². The van der Waals surface area contributed by atoms with Crippen molar-refractivity contribution in [3.63, 3.8) is 0 Å². The third-order valence-corrected chi connectivity index (χ3v) is 7.77. The molecule has 218 valence electrons. The molecule has 0 saturated carbocycles. The Labute approximate surface area is 250 Å². The van der Waals surface area contributed by atoms with Crippen molar-refractivity contribution < 1.29 is 28.5 Å². The minimum absolute atomic E-state index is 0.0586. The molecule has 0 N–H and O–H groups in total. The standard InChI is InChI=1S/C30H33BrN2O7S/c1-6-13-39-22-12-11-20(31)16-19(22)17-24-28(34)33-26(21-9-8-10-23(37-5)27(21)38-7-2)25(18(3)32-30(33)41-24)29(35)40-15-14-36-4/h8-12,16-17,26H,6-7,13-15H2,1-5H3/b24-17+/t26-/m0/s1. The predicted molar refractivity (Wildman–Crippen MR) is 161 cm³/mol. The lowest BCUT2D eigenvalue weighted by molar-refractivity contribution is -0.140. The van der Waals surface area contributed by atoms with E-state index in [4.69, 9.17) is 23.7 Å². The van der Waals surface area contributed by atoms with Crippen molar-refractivity contribution in [2.45, 2.75) is 33.2 Å². The number of methoxy groups -OCH3 is 2. The summed E-state index contributed by atoms with van der Waals surface area (Å²) in [6, 6.07) is 10.2. The second-order valence-electron chi connectivity index (χ2n) is 9.05. The average molecular weight is 646 g/mol. The number of thiazole rings is 1. The van der Waals surface area contributed by atoms with Crippen LogP contribution in [0.2, 0.25) is 0 Å². The first-order chi connectivity index (χ1) is 19.8. The lowest BCUT2D eigenvalue weighted by Crippen LogP contribution is -2.40. The second-order valence-corrected chi connectivity index (χ2v) is 11.0. The molecule has 0 aliphatic carbocycles. The van der Waals surface area contributed by atoms with Crippen LogP contribution in [0, 0.1) is 0 Å². The molecule has 0 radical (unpaired) electrons. The van der Waals surface area contributed by atoms with Crippen LogP contribution in [0.25, 0.3) is 6.08 Å². The van der Waals surface area contributed by atoms with E-state index in [9.17, 15) is 9.59 Å². The molecule has 0 saturated heterocycles. The molecule has 9 nitrogen and oxygen atoms in total. The number of fused-ring (bicyclic) bond motifs is 1. The Bertz CT molecular complexity index is 1630. The van der Waals surface area contributed by atoms with Gasteiger partial charge >= 0.3 is 5.97 Å². The van der Waals surface area contributed by atoms with Gasteiger partial charge in [0.05, 0.1) is 42.7 Å². The molecule has 1 aliphatic heterocycles. The van der Waals surface area contributed by atoms with Gasteiger partial charge in [-0.15, -0.1) is 0 Å². The van der Waals surface area contributed by atoms with E-state index in [0.29, 0.717) is 51.1 Å². The minimum atomic E-state index is -0.863. The van der Waals surface area contributed by atoms with Crippen molar-refractivity contribution in [2.75, 3.05) is 40.6 Å². The van der Waals surface area contributed by atoms with Crippen LogP contribution in [-0.2, 0) is 14.3 Å². The van der Waals surface area contributed by atoms with Gasteiger partial charge in [0.25, 0.3) is 5.56 Å². The number of carbonyl (C=O) groups excluding carboxylic acids is 1. The smallest absolute Gasteiger partial charge is 0.338 e. The van der Waals surface area contributed by atoms with E-state index in [1.54, 1.807) is 32.2 Å². The lowest BCUT2D eigenvalue weighted by Gasteiger charge is -2.27. The van der Waals surface area contributed by atoms with E-state index >= 15 is 0 Å². The molecule has 0 bridgehead atoms. The van der Waals surface area contributed by atoms with E-state index in [1.165, 1.54) is 23.0 Å². The summed E-state index contributed by atoms with van der Waals surface area (Å²) in [5.74, 6) is 1.01. The predicted octanol–water partition coefficient (Wildman–Crippen LogP) is 4.38. The topological polar surface area (TPSA) is 97.6 Å². The Morgan fingerprint density at radius 2 is 1.90 bits per heavy atom. The van der Waals surface area contributed by atoms with E-state index in [0.717, 1.165) is 16.5 Å². The number of hydrogen-bond acceptors (Lipinski definition) is 9. The third-order valence-electron chi connectivity index (χ3n) is 6.29. The van der Waals surface area contributed by atoms with Crippen molar-refractivity contribution in [3.05, 3.63) is 83.0 Å². The number of hydrogen-bond donors (Lipinski definition) is 0. The van der Waals surface area contributed by atoms with Gasteiger partial charge in [0, 0.05) is 22.7 Å². The molecular weight excluding hydrogens is 612 g/mol. The van der Waals surface area contributed by atoms with Crippen molar-refractivity contribution in [3.8, 4) is 17.2 Å². The van der Waals surface area contributed by atoms with Crippen LogP contribution in [0.5, 0.6) is 17.2 Å². The maximum atomic E-state index is 14.1. The number of rotatable bonds is 12. The summed E-state index contributed by atoms with van der Waals surface area (Å²) in [5.41, 5.74) is 1.72. The molecule has 0 spiro atoms. The van der Waals surface area contributed by atoms with Crippen LogP contribution in [-0.4, -0.2) is 51.2 Å². The van der Waals surface area contributed by atoms with Crippen LogP contribution in [0.3, 0.4) is 0 Å². The highest BCUT2D eigenvalue weighted by molar-refractivity contribution is 9.10. The highest BCUT2D eigenvalue weighted by atomic mass is 79.9. The van der Waals surface area contributed by atoms with Gasteiger partial charge in [-0.05, 0) is 50.6 Å². The fourth-order valence-electron chi connectivity index (χ4n) is 4.50. The minimum Gasteiger partial charge on any atom is -0.493 e. The number of esters is 1. The zero-order chi connectivity index (χ0) is 29.5. The quantitative estimate of drug-likeness (QED) is 0.213. The van der Waals surface area contributed by atoms with E-state index in [-0.39, 0.29) is 24.3 Å². The van der Waals surface area contributed by atoms with Gasteiger partial charge in [-0.25, -0.2) is 9.79 Å². The van der Waals surface area contributed by atoms with Crippen molar-refractivity contribution in [1.29, 1.82) is 0 Å². The molecule has 4 rings (SSSR count). The second kappa shape index (κ2) is 14.0. The molecule has 2 aromatic carbocycles. The van der Waals surface area contributed by atoms with E-state index in [2.05, 4.69) is 20.9 Å². The first-order valence-electron chi connectivity index (χ1n) is 13.2. The number of aromatic nitrogens is 1. The maximum Gasteiger partial charge on any atom is 0.338 e. The number of ether oxygens (including phenoxy) is 5. The van der Waals surface area contributed by atoms with Gasteiger partial charge in [0.2, 0.25) is 0 Å². The number of para-hydroxylation sites is 1. The Kier molecular flexibility index (Phi) is 10.4. The first-order valence-corrected chi connectivity index (χ1v) is 14.9. The van der Waals surface area contributed by atoms with Crippen LogP contribution in [0.1, 0.15) is 44.4 Å².